The Labute approximate surface area is 118 Å². The molecule has 1 aliphatic rings. The van der Waals surface area contributed by atoms with Crippen LogP contribution in [0.2, 0.25) is 0 Å². The van der Waals surface area contributed by atoms with E-state index in [-0.39, 0.29) is 0 Å². The molecule has 19 heavy (non-hydrogen) atoms. The molecule has 0 unspecified atom stereocenters. The summed E-state index contributed by atoms with van der Waals surface area (Å²) in [7, 11) is -1.65. The molecule has 0 heterocycles. The van der Waals surface area contributed by atoms with Crippen LogP contribution in [0.1, 0.15) is 46.0 Å². The van der Waals surface area contributed by atoms with E-state index in [2.05, 4.69) is 23.9 Å². The maximum Gasteiger partial charge on any atom is 0.279 e. The molecule has 0 radical (unpaired) electrons. The highest BCUT2D eigenvalue weighted by molar-refractivity contribution is 7.87. The third kappa shape index (κ3) is 7.87. The van der Waals surface area contributed by atoms with Crippen LogP contribution < -0.4 is 10.0 Å². The monoisotopic (exact) mass is 291 g/mol. The summed E-state index contributed by atoms with van der Waals surface area (Å²) in [6, 6.07) is 0.691. The summed E-state index contributed by atoms with van der Waals surface area (Å²) in [5.41, 5.74) is 0. The highest BCUT2D eigenvalue weighted by atomic mass is 32.2. The Morgan fingerprint density at radius 2 is 1.89 bits per heavy atom. The molecule has 0 bridgehead atoms. The Hall–Kier alpha value is -0.170. The van der Waals surface area contributed by atoms with Gasteiger partial charge in [0.1, 0.15) is 0 Å². The molecule has 0 spiro atoms. The fraction of sp³-hybridized carbons (Fsp3) is 1.00. The van der Waals surface area contributed by atoms with E-state index in [4.69, 9.17) is 0 Å². The Bertz CT molecular complexity index is 340. The third-order valence-corrected chi connectivity index (χ3v) is 4.89. The van der Waals surface area contributed by atoms with E-state index in [1.54, 1.807) is 7.05 Å². The van der Waals surface area contributed by atoms with Gasteiger partial charge in [-0.05, 0) is 44.6 Å². The van der Waals surface area contributed by atoms with Crippen molar-refractivity contribution in [1.82, 2.24) is 14.3 Å². The van der Waals surface area contributed by atoms with E-state index in [9.17, 15) is 8.42 Å². The topological polar surface area (TPSA) is 61.4 Å². The first-order valence-electron chi connectivity index (χ1n) is 7.36. The Kier molecular flexibility index (Phi) is 7.28. The second kappa shape index (κ2) is 8.19. The van der Waals surface area contributed by atoms with Gasteiger partial charge in [-0.3, -0.25) is 0 Å². The van der Waals surface area contributed by atoms with Crippen molar-refractivity contribution in [3.63, 3.8) is 0 Å². The first-order chi connectivity index (χ1) is 8.92. The molecule has 1 aliphatic carbocycles. The second-order valence-corrected chi connectivity index (χ2v) is 7.70. The second-order valence-electron chi connectivity index (χ2n) is 5.84. The van der Waals surface area contributed by atoms with Gasteiger partial charge in [0.15, 0.2) is 0 Å². The van der Waals surface area contributed by atoms with E-state index in [0.717, 1.165) is 25.8 Å². The number of nitrogens with zero attached hydrogens (tertiary/aromatic N) is 1. The van der Waals surface area contributed by atoms with Gasteiger partial charge in [-0.2, -0.15) is 12.7 Å². The van der Waals surface area contributed by atoms with Gasteiger partial charge < -0.3 is 5.32 Å². The number of rotatable bonds is 11. The normalized spacial score (nSPS) is 16.5. The maximum absolute atomic E-state index is 11.9. The van der Waals surface area contributed by atoms with Crippen molar-refractivity contribution < 1.29 is 8.42 Å². The van der Waals surface area contributed by atoms with Gasteiger partial charge in [0.2, 0.25) is 0 Å². The lowest BCUT2D eigenvalue weighted by atomic mass is 10.1. The van der Waals surface area contributed by atoms with Crippen molar-refractivity contribution in [2.24, 2.45) is 5.92 Å². The Morgan fingerprint density at radius 3 is 2.47 bits per heavy atom. The minimum atomic E-state index is -3.29. The first-order valence-corrected chi connectivity index (χ1v) is 8.80. The van der Waals surface area contributed by atoms with Crippen molar-refractivity contribution in [3.8, 4) is 0 Å². The van der Waals surface area contributed by atoms with E-state index < -0.39 is 10.2 Å². The van der Waals surface area contributed by atoms with Crippen LogP contribution in [0.25, 0.3) is 0 Å². The van der Waals surface area contributed by atoms with Crippen LogP contribution in [0.15, 0.2) is 0 Å². The molecule has 1 fully saturated rings. The molecule has 0 aliphatic heterocycles. The van der Waals surface area contributed by atoms with Crippen LogP contribution in [0.3, 0.4) is 0 Å². The average Bonchev–Trinajstić information content (AvgIpc) is 3.13. The lowest BCUT2D eigenvalue weighted by Crippen LogP contribution is -2.39. The van der Waals surface area contributed by atoms with Crippen molar-refractivity contribution in [3.05, 3.63) is 0 Å². The fourth-order valence-corrected chi connectivity index (χ4v) is 2.83. The minimum absolute atomic E-state index is 0.533. The van der Waals surface area contributed by atoms with Crippen molar-refractivity contribution in [2.45, 2.75) is 52.0 Å². The fourth-order valence-electron chi connectivity index (χ4n) is 1.84. The van der Waals surface area contributed by atoms with Crippen molar-refractivity contribution >= 4 is 10.2 Å². The summed E-state index contributed by atoms with van der Waals surface area (Å²) in [4.78, 5) is 0. The average molecular weight is 291 g/mol. The predicted molar refractivity (Wildman–Crippen MR) is 79.3 cm³/mol. The molecular weight excluding hydrogens is 262 g/mol. The lowest BCUT2D eigenvalue weighted by Gasteiger charge is -2.18. The zero-order valence-electron chi connectivity index (χ0n) is 12.5. The molecule has 1 rings (SSSR count). The van der Waals surface area contributed by atoms with Crippen LogP contribution in [0.4, 0.5) is 0 Å². The smallest absolute Gasteiger partial charge is 0.279 e. The standard InChI is InChI=1S/C13H29N3O2S/c1-12(2)6-4-10-15-19(17,18)16(3)11-5-9-14-13-7-8-13/h12-15H,4-11H2,1-3H3. The molecule has 5 nitrogen and oxygen atoms in total. The van der Waals surface area contributed by atoms with E-state index in [1.165, 1.54) is 17.1 Å². The van der Waals surface area contributed by atoms with Crippen LogP contribution in [-0.4, -0.2) is 45.4 Å². The summed E-state index contributed by atoms with van der Waals surface area (Å²) in [6.45, 7) is 6.29. The van der Waals surface area contributed by atoms with Gasteiger partial charge in [-0.1, -0.05) is 13.8 Å². The van der Waals surface area contributed by atoms with Gasteiger partial charge in [-0.25, -0.2) is 4.72 Å². The van der Waals surface area contributed by atoms with Crippen molar-refractivity contribution in [2.75, 3.05) is 26.7 Å². The van der Waals surface area contributed by atoms with Crippen LogP contribution in [0, 0.1) is 5.92 Å². The molecule has 114 valence electrons. The molecule has 0 aromatic rings. The SMILES string of the molecule is CC(C)CCCNS(=O)(=O)N(C)CCCNC1CC1. The highest BCUT2D eigenvalue weighted by Gasteiger charge is 2.20. The minimum Gasteiger partial charge on any atom is -0.314 e. The summed E-state index contributed by atoms with van der Waals surface area (Å²) >= 11 is 0. The highest BCUT2D eigenvalue weighted by Crippen LogP contribution is 2.18. The molecular formula is C13H29N3O2S. The van der Waals surface area contributed by atoms with Gasteiger partial charge in [0, 0.05) is 26.2 Å². The van der Waals surface area contributed by atoms with E-state index in [1.807, 2.05) is 0 Å². The molecule has 0 atom stereocenters. The zero-order valence-corrected chi connectivity index (χ0v) is 13.3. The molecule has 0 aromatic carbocycles. The quantitative estimate of drug-likeness (QED) is 0.565. The van der Waals surface area contributed by atoms with E-state index >= 15 is 0 Å². The Balaban J connectivity index is 2.10. The lowest BCUT2D eigenvalue weighted by molar-refractivity contribution is 0.441. The number of nitrogens with one attached hydrogen (secondary N) is 2. The molecule has 0 aromatic heterocycles. The van der Waals surface area contributed by atoms with Crippen LogP contribution >= 0.6 is 0 Å². The molecule has 2 N–H and O–H groups in total. The van der Waals surface area contributed by atoms with Gasteiger partial charge in [-0.15, -0.1) is 0 Å². The summed E-state index contributed by atoms with van der Waals surface area (Å²) in [6.07, 6.45) is 5.35. The molecule has 0 saturated heterocycles. The van der Waals surface area contributed by atoms with Gasteiger partial charge >= 0.3 is 0 Å². The number of hydrogen-bond acceptors (Lipinski definition) is 3. The Morgan fingerprint density at radius 1 is 1.21 bits per heavy atom. The number of hydrogen-bond donors (Lipinski definition) is 2. The molecule has 1 saturated carbocycles. The molecule has 6 heteroatoms. The summed E-state index contributed by atoms with van der Waals surface area (Å²) < 4.78 is 27.9. The first kappa shape index (κ1) is 16.9. The van der Waals surface area contributed by atoms with E-state index in [0.29, 0.717) is 25.0 Å². The summed E-state index contributed by atoms with van der Waals surface area (Å²) in [5, 5.41) is 3.39. The maximum atomic E-state index is 11.9. The largest absolute Gasteiger partial charge is 0.314 e. The van der Waals surface area contributed by atoms with Gasteiger partial charge in [0.05, 0.1) is 0 Å². The van der Waals surface area contributed by atoms with Crippen LogP contribution in [0.5, 0.6) is 0 Å². The van der Waals surface area contributed by atoms with Gasteiger partial charge in [0.25, 0.3) is 10.2 Å². The predicted octanol–water partition coefficient (Wildman–Crippen LogP) is 1.33. The van der Waals surface area contributed by atoms with Crippen molar-refractivity contribution in [1.29, 1.82) is 0 Å². The zero-order chi connectivity index (χ0) is 14.3. The summed E-state index contributed by atoms with van der Waals surface area (Å²) in [5.74, 6) is 0.621. The van der Waals surface area contributed by atoms with Crippen LogP contribution in [-0.2, 0) is 10.2 Å². The molecule has 0 amide bonds. The third-order valence-electron chi connectivity index (χ3n) is 3.31.